The largest absolute Gasteiger partial charge is 0.497 e. The van der Waals surface area contributed by atoms with E-state index >= 15 is 0 Å². The number of hydrogen-bond acceptors (Lipinski definition) is 4. The third kappa shape index (κ3) is 2.49. The third-order valence-electron chi connectivity index (χ3n) is 1.88. The Labute approximate surface area is 92.2 Å². The van der Waals surface area contributed by atoms with E-state index in [2.05, 4.69) is 0 Å². The lowest BCUT2D eigenvalue weighted by molar-refractivity contribution is 0.112. The number of aryl methyl sites for hydroxylation is 1. The standard InChI is InChI=1S/C9H9ClO4S/c1-6-3-8(14-2)4-7(5-11)9(6)15(10,12)13/h3-5H,1-2H3. The maximum Gasteiger partial charge on any atom is 0.262 e. The number of methoxy groups -OCH3 is 1. The zero-order valence-electron chi connectivity index (χ0n) is 8.15. The lowest BCUT2D eigenvalue weighted by Crippen LogP contribution is -2.01. The zero-order valence-corrected chi connectivity index (χ0v) is 9.72. The molecule has 0 amide bonds. The molecule has 0 bridgehead atoms. The van der Waals surface area contributed by atoms with Crippen LogP contribution in [0.4, 0.5) is 0 Å². The van der Waals surface area contributed by atoms with Gasteiger partial charge in [0, 0.05) is 16.2 Å². The average Bonchev–Trinajstić information content (AvgIpc) is 2.14. The van der Waals surface area contributed by atoms with Crippen molar-refractivity contribution in [2.75, 3.05) is 7.11 Å². The van der Waals surface area contributed by atoms with E-state index in [9.17, 15) is 13.2 Å². The molecule has 0 saturated heterocycles. The van der Waals surface area contributed by atoms with Crippen molar-refractivity contribution in [3.8, 4) is 5.75 Å². The fraction of sp³-hybridized carbons (Fsp3) is 0.222. The van der Waals surface area contributed by atoms with E-state index in [0.717, 1.165) is 0 Å². The highest BCUT2D eigenvalue weighted by Gasteiger charge is 2.19. The van der Waals surface area contributed by atoms with Crippen LogP contribution in [0.3, 0.4) is 0 Å². The Morgan fingerprint density at radius 1 is 1.40 bits per heavy atom. The molecule has 0 aromatic heterocycles. The zero-order chi connectivity index (χ0) is 11.6. The van der Waals surface area contributed by atoms with Gasteiger partial charge in [-0.25, -0.2) is 8.42 Å². The predicted molar refractivity (Wildman–Crippen MR) is 56.2 cm³/mol. The van der Waals surface area contributed by atoms with Crippen molar-refractivity contribution in [3.05, 3.63) is 23.3 Å². The first-order chi connectivity index (χ1) is 6.90. The van der Waals surface area contributed by atoms with Crippen LogP contribution >= 0.6 is 10.7 Å². The van der Waals surface area contributed by atoms with Gasteiger partial charge in [-0.1, -0.05) is 0 Å². The molecule has 0 fully saturated rings. The van der Waals surface area contributed by atoms with Crippen molar-refractivity contribution in [1.29, 1.82) is 0 Å². The van der Waals surface area contributed by atoms with Crippen LogP contribution in [0.2, 0.25) is 0 Å². The average molecular weight is 249 g/mol. The molecule has 4 nitrogen and oxygen atoms in total. The van der Waals surface area contributed by atoms with E-state index in [1.807, 2.05) is 0 Å². The van der Waals surface area contributed by atoms with Crippen LogP contribution in [-0.4, -0.2) is 21.8 Å². The normalized spacial score (nSPS) is 11.1. The van der Waals surface area contributed by atoms with Crippen LogP contribution < -0.4 is 4.74 Å². The number of benzene rings is 1. The molecule has 0 atom stereocenters. The molecule has 0 saturated carbocycles. The first-order valence-electron chi connectivity index (χ1n) is 3.98. The SMILES string of the molecule is COc1cc(C)c(S(=O)(=O)Cl)c(C=O)c1. The molecule has 0 radical (unpaired) electrons. The number of aldehydes is 1. The van der Waals surface area contributed by atoms with Gasteiger partial charge in [-0.15, -0.1) is 0 Å². The van der Waals surface area contributed by atoms with Gasteiger partial charge in [-0.2, -0.15) is 0 Å². The first-order valence-corrected chi connectivity index (χ1v) is 6.29. The summed E-state index contributed by atoms with van der Waals surface area (Å²) < 4.78 is 27.3. The lowest BCUT2D eigenvalue weighted by atomic mass is 10.1. The number of halogens is 1. The highest BCUT2D eigenvalue weighted by atomic mass is 35.7. The van der Waals surface area contributed by atoms with E-state index in [-0.39, 0.29) is 10.5 Å². The summed E-state index contributed by atoms with van der Waals surface area (Å²) in [5.41, 5.74) is 0.383. The summed E-state index contributed by atoms with van der Waals surface area (Å²) in [5, 5.41) is 0. The highest BCUT2D eigenvalue weighted by Crippen LogP contribution is 2.27. The molecule has 1 rings (SSSR count). The van der Waals surface area contributed by atoms with Crippen molar-refractivity contribution < 1.29 is 17.9 Å². The second kappa shape index (κ2) is 4.20. The molecule has 6 heteroatoms. The Balaban J connectivity index is 3.59. The van der Waals surface area contributed by atoms with Crippen LogP contribution in [-0.2, 0) is 9.05 Å². The first kappa shape index (κ1) is 12.0. The highest BCUT2D eigenvalue weighted by molar-refractivity contribution is 8.13. The van der Waals surface area contributed by atoms with E-state index < -0.39 is 9.05 Å². The van der Waals surface area contributed by atoms with Crippen molar-refractivity contribution in [1.82, 2.24) is 0 Å². The van der Waals surface area contributed by atoms with Crippen LogP contribution in [0.15, 0.2) is 17.0 Å². The van der Waals surface area contributed by atoms with Gasteiger partial charge in [0.15, 0.2) is 6.29 Å². The molecule has 0 aliphatic heterocycles. The summed E-state index contributed by atoms with van der Waals surface area (Å²) in [6, 6.07) is 2.83. The Kier molecular flexibility index (Phi) is 3.36. The van der Waals surface area contributed by atoms with E-state index in [1.165, 1.54) is 19.2 Å². The predicted octanol–water partition coefficient (Wildman–Crippen LogP) is 1.74. The molecular formula is C9H9ClO4S. The van der Waals surface area contributed by atoms with Crippen LogP contribution in [0.1, 0.15) is 15.9 Å². The fourth-order valence-electron chi connectivity index (χ4n) is 1.31. The smallest absolute Gasteiger partial charge is 0.262 e. The summed E-state index contributed by atoms with van der Waals surface area (Å²) in [4.78, 5) is 10.5. The Morgan fingerprint density at radius 3 is 2.40 bits per heavy atom. The molecular weight excluding hydrogens is 240 g/mol. The molecule has 0 heterocycles. The molecule has 1 aromatic rings. The van der Waals surface area contributed by atoms with Gasteiger partial charge in [-0.05, 0) is 24.6 Å². The summed E-state index contributed by atoms with van der Waals surface area (Å²) in [6.07, 6.45) is 0.435. The molecule has 0 aliphatic rings. The minimum absolute atomic E-state index is 0.00171. The summed E-state index contributed by atoms with van der Waals surface area (Å²) in [7, 11) is 2.73. The second-order valence-corrected chi connectivity index (χ2v) is 5.42. The maximum atomic E-state index is 11.2. The fourth-order valence-corrected chi connectivity index (χ4v) is 2.77. The van der Waals surface area contributed by atoms with Gasteiger partial charge in [0.25, 0.3) is 9.05 Å². The summed E-state index contributed by atoms with van der Waals surface area (Å²) >= 11 is 0. The van der Waals surface area contributed by atoms with Crippen molar-refractivity contribution in [3.63, 3.8) is 0 Å². The number of carbonyl (C=O) groups excluding carboxylic acids is 1. The monoisotopic (exact) mass is 248 g/mol. The molecule has 0 N–H and O–H groups in total. The van der Waals surface area contributed by atoms with Gasteiger partial charge in [-0.3, -0.25) is 4.79 Å². The molecule has 0 spiro atoms. The Hall–Kier alpha value is -1.07. The second-order valence-electron chi connectivity index (χ2n) is 2.92. The van der Waals surface area contributed by atoms with E-state index in [1.54, 1.807) is 6.92 Å². The van der Waals surface area contributed by atoms with Gasteiger partial charge in [0.2, 0.25) is 0 Å². The van der Waals surface area contributed by atoms with Crippen LogP contribution in [0.25, 0.3) is 0 Å². The number of hydrogen-bond donors (Lipinski definition) is 0. The number of rotatable bonds is 3. The molecule has 0 aliphatic carbocycles. The minimum atomic E-state index is -3.92. The van der Waals surface area contributed by atoms with Crippen LogP contribution in [0.5, 0.6) is 5.75 Å². The Morgan fingerprint density at radius 2 is 2.00 bits per heavy atom. The van der Waals surface area contributed by atoms with E-state index in [0.29, 0.717) is 17.6 Å². The van der Waals surface area contributed by atoms with Gasteiger partial charge in [0.05, 0.1) is 12.0 Å². The summed E-state index contributed by atoms with van der Waals surface area (Å²) in [5.74, 6) is 0.415. The number of carbonyl (C=O) groups is 1. The molecule has 82 valence electrons. The minimum Gasteiger partial charge on any atom is -0.497 e. The maximum absolute atomic E-state index is 11.2. The van der Waals surface area contributed by atoms with E-state index in [4.69, 9.17) is 15.4 Å². The van der Waals surface area contributed by atoms with Crippen molar-refractivity contribution in [2.45, 2.75) is 11.8 Å². The van der Waals surface area contributed by atoms with Gasteiger partial charge in [0.1, 0.15) is 5.75 Å². The number of ether oxygens (including phenoxy) is 1. The summed E-state index contributed by atoms with van der Waals surface area (Å²) in [6.45, 7) is 1.55. The molecule has 15 heavy (non-hydrogen) atoms. The molecule has 1 aromatic carbocycles. The lowest BCUT2D eigenvalue weighted by Gasteiger charge is -2.08. The van der Waals surface area contributed by atoms with Gasteiger partial charge < -0.3 is 4.74 Å². The van der Waals surface area contributed by atoms with Crippen molar-refractivity contribution >= 4 is 26.0 Å². The van der Waals surface area contributed by atoms with Gasteiger partial charge >= 0.3 is 0 Å². The molecule has 0 unspecified atom stereocenters. The topological polar surface area (TPSA) is 60.4 Å². The van der Waals surface area contributed by atoms with Crippen molar-refractivity contribution in [2.24, 2.45) is 0 Å². The Bertz CT molecular complexity index is 493. The van der Waals surface area contributed by atoms with Crippen LogP contribution in [0, 0.1) is 6.92 Å². The third-order valence-corrected chi connectivity index (χ3v) is 3.39. The quantitative estimate of drug-likeness (QED) is 0.604.